The molecule has 0 radical (unpaired) electrons. The molecule has 0 atom stereocenters. The topological polar surface area (TPSA) is 75.6 Å². The minimum absolute atomic E-state index is 0.00812. The predicted molar refractivity (Wildman–Crippen MR) is 67.9 cm³/mol. The molecule has 0 fully saturated rings. The van der Waals surface area contributed by atoms with E-state index < -0.39 is 5.97 Å². The molecule has 5 heteroatoms. The minimum Gasteiger partial charge on any atom is -0.478 e. The lowest BCUT2D eigenvalue weighted by Gasteiger charge is -2.10. The maximum Gasteiger partial charge on any atom is 0.335 e. The van der Waals surface area contributed by atoms with Crippen molar-refractivity contribution >= 4 is 17.6 Å². The quantitative estimate of drug-likeness (QED) is 0.839. The summed E-state index contributed by atoms with van der Waals surface area (Å²) in [7, 11) is 0. The first-order valence-corrected chi connectivity index (χ1v) is 5.65. The number of carbonyl (C=O) groups excluding carboxylic acids is 1. The molecule has 0 spiro atoms. The Morgan fingerprint density at radius 3 is 2.56 bits per heavy atom. The van der Waals surface area contributed by atoms with Crippen molar-refractivity contribution in [2.24, 2.45) is 0 Å². The second kappa shape index (κ2) is 6.16. The molecule has 0 bridgehead atoms. The molecule has 0 saturated carbocycles. The molecular weight excluding hydrogens is 234 g/mol. The number of hydrogen-bond acceptors (Lipinski definition) is 3. The van der Waals surface area contributed by atoms with Crippen LogP contribution < -0.4 is 5.32 Å². The second-order valence-corrected chi connectivity index (χ2v) is 4.24. The first-order chi connectivity index (χ1) is 8.40. The lowest BCUT2D eigenvalue weighted by Crippen LogP contribution is -2.21. The van der Waals surface area contributed by atoms with E-state index >= 15 is 0 Å². The molecule has 18 heavy (non-hydrogen) atoms. The van der Waals surface area contributed by atoms with E-state index in [1.165, 1.54) is 12.1 Å². The summed E-state index contributed by atoms with van der Waals surface area (Å²) in [5, 5.41) is 11.5. The Labute approximate surface area is 106 Å². The Morgan fingerprint density at radius 2 is 2.06 bits per heavy atom. The van der Waals surface area contributed by atoms with Gasteiger partial charge in [0.25, 0.3) is 0 Å². The number of amides is 1. The van der Waals surface area contributed by atoms with Crippen LogP contribution in [0.5, 0.6) is 0 Å². The Bertz CT molecular complexity index is 454. The van der Waals surface area contributed by atoms with Crippen LogP contribution in [0.3, 0.4) is 0 Å². The van der Waals surface area contributed by atoms with E-state index in [9.17, 15) is 9.59 Å². The van der Waals surface area contributed by atoms with E-state index in [2.05, 4.69) is 5.32 Å². The number of carbonyl (C=O) groups is 2. The average Bonchev–Trinajstić information content (AvgIpc) is 2.29. The molecule has 0 aliphatic heterocycles. The fourth-order valence-electron chi connectivity index (χ4n) is 1.37. The number of carboxylic acid groups (broad SMARTS) is 1. The van der Waals surface area contributed by atoms with E-state index in [1.54, 1.807) is 13.0 Å². The number of anilines is 1. The van der Waals surface area contributed by atoms with Gasteiger partial charge in [-0.3, -0.25) is 4.79 Å². The van der Waals surface area contributed by atoms with E-state index in [-0.39, 0.29) is 24.2 Å². The zero-order chi connectivity index (χ0) is 13.7. The fourth-order valence-corrected chi connectivity index (χ4v) is 1.37. The molecule has 0 aliphatic rings. The summed E-state index contributed by atoms with van der Waals surface area (Å²) in [6.45, 7) is 5.42. The Hall–Kier alpha value is -1.88. The molecule has 0 saturated heterocycles. The summed E-state index contributed by atoms with van der Waals surface area (Å²) in [4.78, 5) is 22.3. The Balaban J connectivity index is 2.68. The summed E-state index contributed by atoms with van der Waals surface area (Å²) in [6.07, 6.45) is -0.00812. The van der Waals surface area contributed by atoms with Gasteiger partial charge in [-0.15, -0.1) is 0 Å². The van der Waals surface area contributed by atoms with Crippen LogP contribution in [0.25, 0.3) is 0 Å². The van der Waals surface area contributed by atoms with Gasteiger partial charge < -0.3 is 15.2 Å². The molecule has 0 aliphatic carbocycles. The Kier molecular flexibility index (Phi) is 4.85. The van der Waals surface area contributed by atoms with Crippen molar-refractivity contribution in [3.63, 3.8) is 0 Å². The zero-order valence-electron chi connectivity index (χ0n) is 10.7. The van der Waals surface area contributed by atoms with Gasteiger partial charge in [0, 0.05) is 5.69 Å². The third-order valence-electron chi connectivity index (χ3n) is 2.30. The van der Waals surface area contributed by atoms with Crippen molar-refractivity contribution in [3.8, 4) is 0 Å². The Morgan fingerprint density at radius 1 is 1.39 bits per heavy atom. The lowest BCUT2D eigenvalue weighted by atomic mass is 10.1. The average molecular weight is 251 g/mol. The third-order valence-corrected chi connectivity index (χ3v) is 2.30. The smallest absolute Gasteiger partial charge is 0.335 e. The molecule has 0 aromatic heterocycles. The minimum atomic E-state index is -0.987. The summed E-state index contributed by atoms with van der Waals surface area (Å²) >= 11 is 0. The van der Waals surface area contributed by atoms with Gasteiger partial charge in [-0.1, -0.05) is 0 Å². The number of ether oxygens (including phenoxy) is 1. The predicted octanol–water partition coefficient (Wildman–Crippen LogP) is 2.06. The highest BCUT2D eigenvalue weighted by Gasteiger charge is 2.09. The summed E-state index contributed by atoms with van der Waals surface area (Å²) < 4.78 is 5.17. The van der Waals surface area contributed by atoms with Crippen LogP contribution in [-0.2, 0) is 9.53 Å². The molecule has 98 valence electrons. The van der Waals surface area contributed by atoms with Gasteiger partial charge >= 0.3 is 5.97 Å². The van der Waals surface area contributed by atoms with Crippen LogP contribution in [0.1, 0.15) is 29.8 Å². The molecule has 0 heterocycles. The van der Waals surface area contributed by atoms with E-state index in [0.29, 0.717) is 11.3 Å². The molecule has 1 aromatic carbocycles. The monoisotopic (exact) mass is 251 g/mol. The molecule has 1 amide bonds. The van der Waals surface area contributed by atoms with Crippen LogP contribution >= 0.6 is 0 Å². The van der Waals surface area contributed by atoms with Gasteiger partial charge in [0.15, 0.2) is 0 Å². The number of aryl methyl sites for hydroxylation is 1. The van der Waals surface area contributed by atoms with Gasteiger partial charge in [-0.05, 0) is 44.5 Å². The standard InChI is InChI=1S/C13H17NO4/c1-8(2)18-7-12(15)14-11-5-4-10(13(16)17)6-9(11)3/h4-6,8H,7H2,1-3H3,(H,14,15)(H,16,17). The number of nitrogens with one attached hydrogen (secondary N) is 1. The number of aromatic carboxylic acids is 1. The SMILES string of the molecule is Cc1cc(C(=O)O)ccc1NC(=O)COC(C)C. The van der Waals surface area contributed by atoms with Crippen LogP contribution in [-0.4, -0.2) is 29.7 Å². The first-order valence-electron chi connectivity index (χ1n) is 5.65. The van der Waals surface area contributed by atoms with Gasteiger partial charge in [0.05, 0.1) is 11.7 Å². The largest absolute Gasteiger partial charge is 0.478 e. The van der Waals surface area contributed by atoms with Gasteiger partial charge in [-0.25, -0.2) is 4.79 Å². The number of hydrogen-bond donors (Lipinski definition) is 2. The molecule has 1 rings (SSSR count). The van der Waals surface area contributed by atoms with Gasteiger partial charge in [0.1, 0.15) is 6.61 Å². The highest BCUT2D eigenvalue weighted by atomic mass is 16.5. The van der Waals surface area contributed by atoms with Crippen molar-refractivity contribution < 1.29 is 19.4 Å². The normalized spacial score (nSPS) is 10.4. The van der Waals surface area contributed by atoms with Crippen LogP contribution in [0, 0.1) is 6.92 Å². The number of rotatable bonds is 5. The van der Waals surface area contributed by atoms with Crippen LogP contribution in [0.15, 0.2) is 18.2 Å². The molecule has 1 aromatic rings. The van der Waals surface area contributed by atoms with Crippen molar-refractivity contribution in [3.05, 3.63) is 29.3 Å². The van der Waals surface area contributed by atoms with Crippen molar-refractivity contribution in [2.75, 3.05) is 11.9 Å². The summed E-state index contributed by atoms with van der Waals surface area (Å²) in [5.74, 6) is -1.24. The van der Waals surface area contributed by atoms with Crippen LogP contribution in [0.2, 0.25) is 0 Å². The molecule has 0 unspecified atom stereocenters. The van der Waals surface area contributed by atoms with Crippen molar-refractivity contribution in [2.45, 2.75) is 26.9 Å². The zero-order valence-corrected chi connectivity index (χ0v) is 10.7. The van der Waals surface area contributed by atoms with E-state index in [4.69, 9.17) is 9.84 Å². The van der Waals surface area contributed by atoms with E-state index in [1.807, 2.05) is 13.8 Å². The highest BCUT2D eigenvalue weighted by Crippen LogP contribution is 2.16. The van der Waals surface area contributed by atoms with Crippen molar-refractivity contribution in [1.82, 2.24) is 0 Å². The summed E-state index contributed by atoms with van der Waals surface area (Å²) in [6, 6.07) is 4.54. The number of benzene rings is 1. The number of carboxylic acids is 1. The third kappa shape index (κ3) is 4.18. The second-order valence-electron chi connectivity index (χ2n) is 4.24. The van der Waals surface area contributed by atoms with Crippen molar-refractivity contribution in [1.29, 1.82) is 0 Å². The first kappa shape index (κ1) is 14.2. The fraction of sp³-hybridized carbons (Fsp3) is 0.385. The van der Waals surface area contributed by atoms with Crippen LogP contribution in [0.4, 0.5) is 5.69 Å². The lowest BCUT2D eigenvalue weighted by molar-refractivity contribution is -0.121. The maximum absolute atomic E-state index is 11.5. The molecule has 5 nitrogen and oxygen atoms in total. The van der Waals surface area contributed by atoms with E-state index in [0.717, 1.165) is 0 Å². The highest BCUT2D eigenvalue weighted by molar-refractivity contribution is 5.94. The van der Waals surface area contributed by atoms with Gasteiger partial charge in [0.2, 0.25) is 5.91 Å². The summed E-state index contributed by atoms with van der Waals surface area (Å²) in [5.41, 5.74) is 1.49. The molecular formula is C13H17NO4. The van der Waals surface area contributed by atoms with Gasteiger partial charge in [-0.2, -0.15) is 0 Å². The maximum atomic E-state index is 11.5. The molecule has 2 N–H and O–H groups in total.